The first kappa shape index (κ1) is 10.9. The average molecular weight is 210 g/mol. The number of nitrogens with two attached hydrogens (primary N) is 1. The molecule has 3 nitrogen and oxygen atoms in total. The molecule has 0 saturated heterocycles. The summed E-state index contributed by atoms with van der Waals surface area (Å²) in [6, 6.07) is 0.170. The Morgan fingerprint density at radius 2 is 1.87 bits per heavy atom. The predicted octanol–water partition coefficient (Wildman–Crippen LogP) is 1.56. The summed E-state index contributed by atoms with van der Waals surface area (Å²) in [4.78, 5) is 11.6. The third-order valence-electron chi connectivity index (χ3n) is 3.57. The molecule has 0 spiro atoms. The van der Waals surface area contributed by atoms with E-state index in [-0.39, 0.29) is 11.9 Å². The second-order valence-corrected chi connectivity index (χ2v) is 5.13. The Kier molecular flexibility index (Phi) is 3.62. The first-order valence-corrected chi connectivity index (χ1v) is 6.31. The zero-order valence-corrected chi connectivity index (χ0v) is 9.37. The molecular formula is C12H22N2O. The molecule has 0 aliphatic heterocycles. The molecule has 2 rings (SSSR count). The lowest BCUT2D eigenvalue weighted by Crippen LogP contribution is -2.42. The molecule has 0 heterocycles. The van der Waals surface area contributed by atoms with E-state index in [0.29, 0.717) is 12.0 Å². The van der Waals surface area contributed by atoms with Crippen molar-refractivity contribution >= 4 is 5.91 Å². The van der Waals surface area contributed by atoms with Gasteiger partial charge in [0, 0.05) is 6.04 Å². The predicted molar refractivity (Wildman–Crippen MR) is 60.3 cm³/mol. The molecule has 2 aliphatic rings. The van der Waals surface area contributed by atoms with Gasteiger partial charge in [-0.05, 0) is 25.2 Å². The van der Waals surface area contributed by atoms with Crippen LogP contribution in [0.2, 0.25) is 0 Å². The summed E-state index contributed by atoms with van der Waals surface area (Å²) in [5, 5.41) is 2.98. The van der Waals surface area contributed by atoms with Crippen LogP contribution in [0.15, 0.2) is 0 Å². The Hall–Kier alpha value is -0.570. The van der Waals surface area contributed by atoms with Crippen LogP contribution in [0.4, 0.5) is 0 Å². The highest BCUT2D eigenvalue weighted by atomic mass is 16.2. The van der Waals surface area contributed by atoms with Crippen LogP contribution < -0.4 is 11.1 Å². The van der Waals surface area contributed by atoms with Crippen LogP contribution in [-0.2, 0) is 4.79 Å². The van der Waals surface area contributed by atoms with E-state index in [1.165, 1.54) is 32.1 Å². The Labute approximate surface area is 91.8 Å². The van der Waals surface area contributed by atoms with Crippen LogP contribution in [0.3, 0.4) is 0 Å². The molecule has 0 aromatic heterocycles. The van der Waals surface area contributed by atoms with E-state index in [1.54, 1.807) is 0 Å². The smallest absolute Gasteiger partial charge is 0.237 e. The molecule has 0 bridgehead atoms. The van der Waals surface area contributed by atoms with E-state index < -0.39 is 0 Å². The highest BCUT2D eigenvalue weighted by Crippen LogP contribution is 2.27. The summed E-state index contributed by atoms with van der Waals surface area (Å²) in [7, 11) is 0. The van der Waals surface area contributed by atoms with Gasteiger partial charge in [-0.15, -0.1) is 0 Å². The van der Waals surface area contributed by atoms with Gasteiger partial charge < -0.3 is 11.1 Å². The maximum absolute atomic E-state index is 11.6. The van der Waals surface area contributed by atoms with Gasteiger partial charge in [-0.1, -0.05) is 32.1 Å². The molecule has 2 aliphatic carbocycles. The number of carbonyl (C=O) groups excluding carboxylic acids is 1. The number of carbonyl (C=O) groups is 1. The molecule has 2 saturated carbocycles. The van der Waals surface area contributed by atoms with Gasteiger partial charge in [0.2, 0.25) is 5.91 Å². The number of amides is 1. The highest BCUT2D eigenvalue weighted by Gasteiger charge is 2.27. The molecule has 1 unspecified atom stereocenters. The van der Waals surface area contributed by atoms with Crippen molar-refractivity contribution in [2.45, 2.75) is 63.5 Å². The lowest BCUT2D eigenvalue weighted by atomic mass is 9.85. The summed E-state index contributed by atoms with van der Waals surface area (Å²) in [5.74, 6) is 0.766. The molecule has 2 fully saturated rings. The van der Waals surface area contributed by atoms with Gasteiger partial charge in [-0.25, -0.2) is 0 Å². The second kappa shape index (κ2) is 4.97. The lowest BCUT2D eigenvalue weighted by Gasteiger charge is -2.24. The van der Waals surface area contributed by atoms with Crippen LogP contribution in [0, 0.1) is 5.92 Å². The van der Waals surface area contributed by atoms with Crippen molar-refractivity contribution in [3.05, 3.63) is 0 Å². The molecule has 1 amide bonds. The molecule has 0 aromatic carbocycles. The fraction of sp³-hybridized carbons (Fsp3) is 0.917. The van der Waals surface area contributed by atoms with Gasteiger partial charge in [0.1, 0.15) is 0 Å². The van der Waals surface area contributed by atoms with Crippen molar-refractivity contribution in [1.29, 1.82) is 0 Å². The van der Waals surface area contributed by atoms with Crippen LogP contribution >= 0.6 is 0 Å². The van der Waals surface area contributed by atoms with Gasteiger partial charge in [0.05, 0.1) is 6.04 Å². The standard InChI is InChI=1S/C12H22N2O/c13-11(12(15)14-10-6-7-10)8-9-4-2-1-3-5-9/h9-11H,1-8,13H2,(H,14,15). The van der Waals surface area contributed by atoms with E-state index in [0.717, 1.165) is 19.3 Å². The fourth-order valence-corrected chi connectivity index (χ4v) is 2.42. The molecular weight excluding hydrogens is 188 g/mol. The van der Waals surface area contributed by atoms with Crippen LogP contribution in [-0.4, -0.2) is 18.0 Å². The van der Waals surface area contributed by atoms with Crippen molar-refractivity contribution in [1.82, 2.24) is 5.32 Å². The summed E-state index contributed by atoms with van der Waals surface area (Å²) in [6.07, 6.45) is 9.71. The van der Waals surface area contributed by atoms with Crippen molar-refractivity contribution in [3.63, 3.8) is 0 Å². The van der Waals surface area contributed by atoms with Crippen molar-refractivity contribution in [3.8, 4) is 0 Å². The summed E-state index contributed by atoms with van der Waals surface area (Å²) < 4.78 is 0. The minimum atomic E-state index is -0.270. The van der Waals surface area contributed by atoms with Gasteiger partial charge in [0.15, 0.2) is 0 Å². The Balaban J connectivity index is 1.69. The molecule has 86 valence electrons. The van der Waals surface area contributed by atoms with E-state index >= 15 is 0 Å². The summed E-state index contributed by atoms with van der Waals surface area (Å²) >= 11 is 0. The Morgan fingerprint density at radius 1 is 1.20 bits per heavy atom. The third kappa shape index (κ3) is 3.49. The number of rotatable bonds is 4. The summed E-state index contributed by atoms with van der Waals surface area (Å²) in [5.41, 5.74) is 5.91. The van der Waals surface area contributed by atoms with Gasteiger partial charge in [0.25, 0.3) is 0 Å². The quantitative estimate of drug-likeness (QED) is 0.740. The number of nitrogens with one attached hydrogen (secondary N) is 1. The molecule has 0 radical (unpaired) electrons. The normalized spacial score (nSPS) is 24.9. The molecule has 3 N–H and O–H groups in total. The van der Waals surface area contributed by atoms with Gasteiger partial charge >= 0.3 is 0 Å². The van der Waals surface area contributed by atoms with Crippen molar-refractivity contribution < 1.29 is 4.79 Å². The Bertz CT molecular complexity index is 220. The second-order valence-electron chi connectivity index (χ2n) is 5.13. The van der Waals surface area contributed by atoms with E-state index in [9.17, 15) is 4.79 Å². The molecule has 1 atom stereocenters. The van der Waals surface area contributed by atoms with Crippen LogP contribution in [0.25, 0.3) is 0 Å². The van der Waals surface area contributed by atoms with Crippen LogP contribution in [0.1, 0.15) is 51.4 Å². The maximum Gasteiger partial charge on any atom is 0.237 e. The first-order chi connectivity index (χ1) is 7.25. The minimum Gasteiger partial charge on any atom is -0.352 e. The SMILES string of the molecule is NC(CC1CCCCC1)C(=O)NC1CC1. The van der Waals surface area contributed by atoms with Crippen LogP contribution in [0.5, 0.6) is 0 Å². The maximum atomic E-state index is 11.6. The zero-order valence-electron chi connectivity index (χ0n) is 9.37. The van der Waals surface area contributed by atoms with Crippen molar-refractivity contribution in [2.24, 2.45) is 11.7 Å². The third-order valence-corrected chi connectivity index (χ3v) is 3.57. The fourth-order valence-electron chi connectivity index (χ4n) is 2.42. The lowest BCUT2D eigenvalue weighted by molar-refractivity contribution is -0.122. The Morgan fingerprint density at radius 3 is 2.47 bits per heavy atom. The zero-order chi connectivity index (χ0) is 10.7. The van der Waals surface area contributed by atoms with E-state index in [2.05, 4.69) is 5.32 Å². The van der Waals surface area contributed by atoms with Gasteiger partial charge in [-0.2, -0.15) is 0 Å². The minimum absolute atomic E-state index is 0.0723. The monoisotopic (exact) mass is 210 g/mol. The van der Waals surface area contributed by atoms with E-state index in [4.69, 9.17) is 5.73 Å². The average Bonchev–Trinajstić information content (AvgIpc) is 3.03. The highest BCUT2D eigenvalue weighted by molar-refractivity contribution is 5.82. The topological polar surface area (TPSA) is 55.1 Å². The van der Waals surface area contributed by atoms with Crippen molar-refractivity contribution in [2.75, 3.05) is 0 Å². The molecule has 15 heavy (non-hydrogen) atoms. The van der Waals surface area contributed by atoms with E-state index in [1.807, 2.05) is 0 Å². The first-order valence-electron chi connectivity index (χ1n) is 6.31. The van der Waals surface area contributed by atoms with Gasteiger partial charge in [-0.3, -0.25) is 4.79 Å². The molecule has 3 heteroatoms. The number of hydrogen-bond acceptors (Lipinski definition) is 2. The largest absolute Gasteiger partial charge is 0.352 e. The number of hydrogen-bond donors (Lipinski definition) is 2. The summed E-state index contributed by atoms with van der Waals surface area (Å²) in [6.45, 7) is 0. The molecule has 0 aromatic rings.